The van der Waals surface area contributed by atoms with E-state index in [1.807, 2.05) is 0 Å². The van der Waals surface area contributed by atoms with Crippen LogP contribution in [0.5, 0.6) is 11.5 Å². The molecule has 240 valence electrons. The Kier molecular flexibility index (Phi) is 8.03. The fourth-order valence-corrected chi connectivity index (χ4v) is 6.98. The van der Waals surface area contributed by atoms with Crippen LogP contribution in [-0.4, -0.2) is 106 Å². The van der Waals surface area contributed by atoms with Crippen molar-refractivity contribution in [3.8, 4) is 11.5 Å². The van der Waals surface area contributed by atoms with Gasteiger partial charge in [0, 0.05) is 22.6 Å². The van der Waals surface area contributed by atoms with E-state index >= 15 is 0 Å². The average Bonchev–Trinajstić information content (AvgIpc) is 2.87. The zero-order valence-corrected chi connectivity index (χ0v) is 24.5. The highest BCUT2D eigenvalue weighted by Crippen LogP contribution is 2.61. The van der Waals surface area contributed by atoms with Crippen molar-refractivity contribution in [3.63, 3.8) is 0 Å². The van der Waals surface area contributed by atoms with E-state index in [-0.39, 0.29) is 24.9 Å². The summed E-state index contributed by atoms with van der Waals surface area (Å²) in [5.74, 6) is -9.73. The van der Waals surface area contributed by atoms with Gasteiger partial charge in [-0.25, -0.2) is 0 Å². The fraction of sp³-hybridized carbons (Fsp3) is 0.500. The number of carbonyl (C=O) groups is 4. The number of nitrogens with zero attached hydrogens (tertiary/aromatic N) is 2. The van der Waals surface area contributed by atoms with E-state index in [4.69, 9.17) is 5.73 Å². The number of benzene rings is 1. The third-order valence-corrected chi connectivity index (χ3v) is 8.57. The zero-order valence-electron chi connectivity index (χ0n) is 24.5. The number of Topliss-reactive ketones (excluding diaryl/α,β-unsaturated/α-hetero) is 2. The van der Waals surface area contributed by atoms with Crippen LogP contribution in [0.1, 0.15) is 30.9 Å². The Labute approximate surface area is 249 Å². The minimum Gasteiger partial charge on any atom is -0.508 e. The van der Waals surface area contributed by atoms with Crippen molar-refractivity contribution in [2.75, 3.05) is 40.1 Å². The summed E-state index contributed by atoms with van der Waals surface area (Å²) < 4.78 is 44.8. The van der Waals surface area contributed by atoms with E-state index in [1.54, 1.807) is 14.1 Å². The molecule has 2 amide bonds. The standard InChI is InChI=1S/C28H33F3N4O9/c1-6-26-9-11-7-12-14(44-28(29,30)31)8-13(33-15(36)10-34(2)3)19(37)17(12)20(38)16(11)23(40)27(26,43)24(41)18(25(32)42)21(39)22(26)35(4)5/h8,11,22,37-38,41,43H,6-7,9-10H2,1-5H3,(H2,32,42)(H,33,36)/t11-,22+,26-,27-/m0/s1. The van der Waals surface area contributed by atoms with Gasteiger partial charge in [-0.05, 0) is 53.4 Å². The third kappa shape index (κ3) is 4.77. The Morgan fingerprint density at radius 2 is 1.77 bits per heavy atom. The molecule has 0 spiro atoms. The maximum atomic E-state index is 14.3. The predicted octanol–water partition coefficient (Wildman–Crippen LogP) is 1.14. The number of nitrogens with two attached hydrogens (primary N) is 1. The SMILES string of the molecule is CC[C@@]12C[C@@H]3Cc4c(OC(F)(F)F)cc(NC(=O)CN(C)C)c(O)c4C(O)=C3C(=O)[C@]1(O)C(O)=C(C(N)=O)C(=O)[C@H]2N(C)C. The lowest BCUT2D eigenvalue weighted by atomic mass is 9.48. The zero-order chi connectivity index (χ0) is 33.3. The lowest BCUT2D eigenvalue weighted by Crippen LogP contribution is -2.72. The first kappa shape index (κ1) is 32.8. The molecule has 1 saturated carbocycles. The Bertz CT molecular complexity index is 1530. The Morgan fingerprint density at radius 1 is 1.16 bits per heavy atom. The molecule has 0 heterocycles. The quantitative estimate of drug-likeness (QED) is 0.187. The molecule has 4 atom stereocenters. The molecule has 0 unspecified atom stereocenters. The summed E-state index contributed by atoms with van der Waals surface area (Å²) in [7, 11) is 5.96. The number of primary amides is 1. The number of aliphatic hydroxyl groups is 3. The highest BCUT2D eigenvalue weighted by molar-refractivity contribution is 6.25. The first-order valence-electron chi connectivity index (χ1n) is 13.5. The summed E-state index contributed by atoms with van der Waals surface area (Å²) in [4.78, 5) is 55.2. The largest absolute Gasteiger partial charge is 0.573 e. The summed E-state index contributed by atoms with van der Waals surface area (Å²) in [6, 6.07) is -0.664. The molecular formula is C28H33F3N4O9. The first-order valence-corrected chi connectivity index (χ1v) is 13.5. The van der Waals surface area contributed by atoms with Gasteiger partial charge >= 0.3 is 6.36 Å². The number of hydrogen-bond acceptors (Lipinski definition) is 11. The number of anilines is 1. The maximum absolute atomic E-state index is 14.3. The number of likely N-dealkylation sites (N-methyl/N-ethyl adjacent to an activating group) is 2. The van der Waals surface area contributed by atoms with E-state index in [1.165, 1.54) is 30.8 Å². The van der Waals surface area contributed by atoms with Crippen molar-refractivity contribution in [3.05, 3.63) is 34.1 Å². The lowest BCUT2D eigenvalue weighted by molar-refractivity contribution is -0.275. The highest BCUT2D eigenvalue weighted by atomic mass is 19.4. The number of hydrogen-bond donors (Lipinski definition) is 6. The molecule has 44 heavy (non-hydrogen) atoms. The highest BCUT2D eigenvalue weighted by Gasteiger charge is 2.71. The van der Waals surface area contributed by atoms with Crippen molar-refractivity contribution in [2.24, 2.45) is 17.1 Å². The molecule has 0 bridgehead atoms. The molecule has 13 nitrogen and oxygen atoms in total. The normalized spacial score (nSPS) is 26.9. The van der Waals surface area contributed by atoms with Crippen molar-refractivity contribution in [1.29, 1.82) is 0 Å². The van der Waals surface area contributed by atoms with Gasteiger partial charge < -0.3 is 41.1 Å². The maximum Gasteiger partial charge on any atom is 0.573 e. The first-order chi connectivity index (χ1) is 20.2. The second kappa shape index (κ2) is 10.8. The molecule has 0 aliphatic heterocycles. The Balaban J connectivity index is 2.03. The van der Waals surface area contributed by atoms with E-state index in [9.17, 15) is 52.8 Å². The topological polar surface area (TPSA) is 203 Å². The number of halogens is 3. The van der Waals surface area contributed by atoms with Crippen LogP contribution >= 0.6 is 0 Å². The third-order valence-electron chi connectivity index (χ3n) is 8.57. The van der Waals surface area contributed by atoms with Crippen LogP contribution in [0.4, 0.5) is 18.9 Å². The summed E-state index contributed by atoms with van der Waals surface area (Å²) >= 11 is 0. The van der Waals surface area contributed by atoms with Crippen molar-refractivity contribution < 1.29 is 57.5 Å². The van der Waals surface area contributed by atoms with Gasteiger partial charge in [-0.1, -0.05) is 6.92 Å². The summed E-state index contributed by atoms with van der Waals surface area (Å²) in [6.45, 7) is 1.29. The number of aromatic hydroxyl groups is 1. The molecule has 1 aromatic carbocycles. The van der Waals surface area contributed by atoms with Gasteiger partial charge in [0.1, 0.15) is 22.8 Å². The van der Waals surface area contributed by atoms with Gasteiger partial charge in [0.25, 0.3) is 5.91 Å². The number of rotatable bonds is 7. The number of amides is 2. The van der Waals surface area contributed by atoms with Gasteiger partial charge in [0.05, 0.1) is 23.8 Å². The van der Waals surface area contributed by atoms with E-state index in [0.29, 0.717) is 0 Å². The Morgan fingerprint density at radius 3 is 2.27 bits per heavy atom. The number of nitrogens with one attached hydrogen (secondary N) is 1. The van der Waals surface area contributed by atoms with Gasteiger partial charge in [-0.2, -0.15) is 0 Å². The summed E-state index contributed by atoms with van der Waals surface area (Å²) in [5, 5.41) is 48.0. The minimum atomic E-state index is -5.24. The molecule has 3 aliphatic carbocycles. The minimum absolute atomic E-state index is 0.147. The van der Waals surface area contributed by atoms with E-state index in [2.05, 4.69) is 10.1 Å². The molecule has 0 aromatic heterocycles. The van der Waals surface area contributed by atoms with Gasteiger partial charge in [-0.15, -0.1) is 13.2 Å². The van der Waals surface area contributed by atoms with Crippen LogP contribution in [0.2, 0.25) is 0 Å². The number of phenols is 1. The second-order valence-electron chi connectivity index (χ2n) is 11.7. The number of ether oxygens (including phenoxy) is 1. The molecule has 7 N–H and O–H groups in total. The number of alkyl halides is 3. The predicted molar refractivity (Wildman–Crippen MR) is 147 cm³/mol. The monoisotopic (exact) mass is 626 g/mol. The van der Waals surface area contributed by atoms with Gasteiger partial charge in [0.2, 0.25) is 11.7 Å². The molecule has 16 heteroatoms. The molecular weight excluding hydrogens is 593 g/mol. The molecule has 4 rings (SSSR count). The van der Waals surface area contributed by atoms with Crippen LogP contribution in [-0.2, 0) is 25.6 Å². The van der Waals surface area contributed by atoms with Crippen LogP contribution in [0.15, 0.2) is 23.0 Å². The fourth-order valence-electron chi connectivity index (χ4n) is 6.98. The van der Waals surface area contributed by atoms with Crippen LogP contribution in [0, 0.1) is 11.3 Å². The summed E-state index contributed by atoms with van der Waals surface area (Å²) in [6.07, 6.45) is -6.19. The van der Waals surface area contributed by atoms with Gasteiger partial charge in [-0.3, -0.25) is 24.1 Å². The smallest absolute Gasteiger partial charge is 0.508 e. The molecule has 1 fully saturated rings. The van der Waals surface area contributed by atoms with Crippen molar-refractivity contribution >= 4 is 34.8 Å². The van der Waals surface area contributed by atoms with E-state index < -0.39 is 105 Å². The summed E-state index contributed by atoms with van der Waals surface area (Å²) in [5.41, 5.74) is -2.64. The molecule has 0 radical (unpaired) electrons. The van der Waals surface area contributed by atoms with Crippen LogP contribution < -0.4 is 15.8 Å². The lowest BCUT2D eigenvalue weighted by Gasteiger charge is -2.58. The molecule has 0 saturated heterocycles. The van der Waals surface area contributed by atoms with E-state index in [0.717, 1.165) is 6.07 Å². The Hall–Kier alpha value is -4.15. The number of ketones is 2. The molecule has 1 aromatic rings. The second-order valence-corrected chi connectivity index (χ2v) is 11.7. The van der Waals surface area contributed by atoms with Crippen molar-refractivity contribution in [2.45, 2.75) is 44.2 Å². The van der Waals surface area contributed by atoms with Crippen LogP contribution in [0.25, 0.3) is 5.76 Å². The molecule has 3 aliphatic rings. The van der Waals surface area contributed by atoms with Crippen LogP contribution in [0.3, 0.4) is 0 Å². The van der Waals surface area contributed by atoms with Gasteiger partial charge in [0.15, 0.2) is 17.1 Å². The number of aliphatic hydroxyl groups excluding tert-OH is 2. The number of phenolic OH excluding ortho intramolecular Hbond substituents is 1. The van der Waals surface area contributed by atoms with Crippen molar-refractivity contribution in [1.82, 2.24) is 9.80 Å². The number of carbonyl (C=O) groups excluding carboxylic acids is 4. The number of fused-ring (bicyclic) bond motifs is 3. The average molecular weight is 627 g/mol.